The first-order valence-electron chi connectivity index (χ1n) is 10.0. The molecule has 174 valence electrons. The zero-order valence-corrected chi connectivity index (χ0v) is 20.5. The van der Waals surface area contributed by atoms with Gasteiger partial charge in [0.05, 0.1) is 0 Å². The maximum atomic E-state index is 12.8. The van der Waals surface area contributed by atoms with Crippen LogP contribution in [-0.2, 0) is 21.4 Å². The number of aryl methyl sites for hydroxylation is 1. The second-order valence-electron chi connectivity index (χ2n) is 7.98. The normalized spacial score (nSPS) is 16.3. The van der Waals surface area contributed by atoms with Gasteiger partial charge in [-0.1, -0.05) is 40.2 Å². The number of nitrogens with one attached hydrogen (secondary N) is 2. The highest BCUT2D eigenvalue weighted by atomic mass is 35.5. The Labute approximate surface area is 201 Å². The summed E-state index contributed by atoms with van der Waals surface area (Å²) >= 11 is 12.7. The van der Waals surface area contributed by atoms with E-state index in [9.17, 15) is 13.2 Å². The Morgan fingerprint density at radius 1 is 1.15 bits per heavy atom. The van der Waals surface area contributed by atoms with Crippen molar-refractivity contribution in [1.29, 1.82) is 0 Å². The summed E-state index contributed by atoms with van der Waals surface area (Å²) in [6.45, 7) is 4.28. The Kier molecular flexibility index (Phi) is 6.37. The number of halogens is 2. The van der Waals surface area contributed by atoms with Crippen molar-refractivity contribution in [2.24, 2.45) is 0 Å². The third kappa shape index (κ3) is 4.98. The Bertz CT molecular complexity index is 1320. The van der Waals surface area contributed by atoms with Crippen LogP contribution in [0.5, 0.6) is 0 Å². The fraction of sp³-hybridized carbons (Fsp3) is 0.286. The highest BCUT2D eigenvalue weighted by molar-refractivity contribution is 7.92. The monoisotopic (exact) mass is 508 g/mol. The van der Waals surface area contributed by atoms with Crippen LogP contribution in [0.15, 0.2) is 41.4 Å². The molecule has 0 radical (unpaired) electrons. The van der Waals surface area contributed by atoms with Gasteiger partial charge in [-0.2, -0.15) is 8.42 Å². The van der Waals surface area contributed by atoms with Crippen molar-refractivity contribution in [3.8, 4) is 0 Å². The summed E-state index contributed by atoms with van der Waals surface area (Å²) in [5, 5.41) is 8.71. The molecule has 2 N–H and O–H groups in total. The van der Waals surface area contributed by atoms with E-state index in [0.717, 1.165) is 34.7 Å². The molecular weight excluding hydrogens is 487 g/mol. The molecule has 2 heterocycles. The molecule has 9 nitrogen and oxygen atoms in total. The molecule has 1 atom stereocenters. The number of aromatic nitrogens is 3. The molecule has 0 saturated heterocycles. The molecule has 2 aromatic carbocycles. The molecule has 1 amide bonds. The number of fused-ring (bicyclic) bond motifs is 1. The van der Waals surface area contributed by atoms with E-state index in [1.165, 1.54) is 13.8 Å². The van der Waals surface area contributed by atoms with Gasteiger partial charge >= 0.3 is 0 Å². The van der Waals surface area contributed by atoms with Crippen LogP contribution in [0, 0.1) is 6.92 Å². The molecular formula is C21H22Cl2N6O3S. The molecule has 1 aliphatic rings. The summed E-state index contributed by atoms with van der Waals surface area (Å²) in [7, 11) is -1.98. The average Bonchev–Trinajstić information content (AvgIpc) is 3.09. The summed E-state index contributed by atoms with van der Waals surface area (Å²) < 4.78 is 28.1. The van der Waals surface area contributed by atoms with Gasteiger partial charge in [-0.25, -0.2) is 5.43 Å². The topological polar surface area (TPSA) is 109 Å². The van der Waals surface area contributed by atoms with Crippen LogP contribution >= 0.6 is 23.2 Å². The van der Waals surface area contributed by atoms with Gasteiger partial charge in [0.25, 0.3) is 10.0 Å². The number of hydrogen-bond donors (Lipinski definition) is 2. The van der Waals surface area contributed by atoms with Crippen molar-refractivity contribution in [2.75, 3.05) is 23.7 Å². The SMILES string of the molecule is CC(=O)Nn1nc(C)c(S(=O)(=O)Nc2ccc(C3CN(C)Cc4c(Cl)cc(Cl)cc43)cc2)n1. The first-order valence-corrected chi connectivity index (χ1v) is 12.3. The molecule has 3 aromatic rings. The van der Waals surface area contributed by atoms with E-state index in [2.05, 4.69) is 25.2 Å². The number of anilines is 1. The van der Waals surface area contributed by atoms with E-state index in [1.807, 2.05) is 25.2 Å². The van der Waals surface area contributed by atoms with Crippen LogP contribution in [0.3, 0.4) is 0 Å². The van der Waals surface area contributed by atoms with Gasteiger partial charge < -0.3 is 4.90 Å². The number of amides is 1. The molecule has 0 bridgehead atoms. The molecule has 4 rings (SSSR count). The fourth-order valence-electron chi connectivity index (χ4n) is 3.92. The summed E-state index contributed by atoms with van der Waals surface area (Å²) in [5.41, 5.74) is 5.97. The lowest BCUT2D eigenvalue weighted by Gasteiger charge is -2.33. The number of benzene rings is 2. The van der Waals surface area contributed by atoms with Crippen LogP contribution in [0.25, 0.3) is 0 Å². The maximum Gasteiger partial charge on any atom is 0.283 e. The minimum absolute atomic E-state index is 0.0420. The van der Waals surface area contributed by atoms with Crippen molar-refractivity contribution in [2.45, 2.75) is 31.3 Å². The number of hydrogen-bond acceptors (Lipinski definition) is 6. The zero-order chi connectivity index (χ0) is 23.9. The van der Waals surface area contributed by atoms with E-state index < -0.39 is 15.9 Å². The Balaban J connectivity index is 1.59. The second kappa shape index (κ2) is 8.94. The van der Waals surface area contributed by atoms with Gasteiger partial charge in [-0.15, -0.1) is 10.2 Å². The third-order valence-electron chi connectivity index (χ3n) is 5.31. The van der Waals surface area contributed by atoms with Crippen LogP contribution < -0.4 is 10.1 Å². The lowest BCUT2D eigenvalue weighted by molar-refractivity contribution is -0.115. The smallest absolute Gasteiger partial charge is 0.283 e. The summed E-state index contributed by atoms with van der Waals surface area (Å²) in [4.78, 5) is 14.2. The van der Waals surface area contributed by atoms with Crippen molar-refractivity contribution in [3.63, 3.8) is 0 Å². The van der Waals surface area contributed by atoms with E-state index in [4.69, 9.17) is 23.2 Å². The molecule has 0 saturated carbocycles. The first-order chi connectivity index (χ1) is 15.5. The van der Waals surface area contributed by atoms with Crippen molar-refractivity contribution < 1.29 is 13.2 Å². The van der Waals surface area contributed by atoms with Crippen LogP contribution in [-0.4, -0.2) is 47.9 Å². The van der Waals surface area contributed by atoms with Gasteiger partial charge in [0, 0.05) is 41.7 Å². The Morgan fingerprint density at radius 2 is 1.85 bits per heavy atom. The highest BCUT2D eigenvalue weighted by Gasteiger charge is 2.28. The van der Waals surface area contributed by atoms with Gasteiger partial charge in [-0.3, -0.25) is 9.52 Å². The van der Waals surface area contributed by atoms with Gasteiger partial charge in [0.15, 0.2) is 0 Å². The molecule has 0 aliphatic carbocycles. The van der Waals surface area contributed by atoms with E-state index in [0.29, 0.717) is 15.7 Å². The predicted octanol–water partition coefficient (Wildman–Crippen LogP) is 3.36. The largest absolute Gasteiger partial charge is 0.301 e. The van der Waals surface area contributed by atoms with Gasteiger partial charge in [0.1, 0.15) is 5.69 Å². The lowest BCUT2D eigenvalue weighted by atomic mass is 9.85. The third-order valence-corrected chi connectivity index (χ3v) is 7.26. The number of carbonyl (C=O) groups is 1. The van der Waals surface area contributed by atoms with Gasteiger partial charge in [-0.05, 0) is 54.9 Å². The van der Waals surface area contributed by atoms with Crippen LogP contribution in [0.1, 0.15) is 35.2 Å². The summed E-state index contributed by atoms with van der Waals surface area (Å²) in [5.74, 6) is -0.379. The van der Waals surface area contributed by atoms with Crippen molar-refractivity contribution >= 4 is 44.8 Å². The molecule has 1 aromatic heterocycles. The van der Waals surface area contributed by atoms with Crippen LogP contribution in [0.4, 0.5) is 5.69 Å². The molecule has 1 aliphatic heterocycles. The van der Waals surface area contributed by atoms with Gasteiger partial charge in [0.2, 0.25) is 10.9 Å². The zero-order valence-electron chi connectivity index (χ0n) is 18.1. The van der Waals surface area contributed by atoms with Crippen LogP contribution in [0.2, 0.25) is 10.0 Å². The van der Waals surface area contributed by atoms with Crippen molar-refractivity contribution in [1.82, 2.24) is 20.0 Å². The van der Waals surface area contributed by atoms with Crippen molar-refractivity contribution in [3.05, 3.63) is 68.8 Å². The quantitative estimate of drug-likeness (QED) is 0.546. The lowest BCUT2D eigenvalue weighted by Crippen LogP contribution is -2.31. The first kappa shape index (κ1) is 23.5. The van der Waals surface area contributed by atoms with E-state index >= 15 is 0 Å². The number of carbonyl (C=O) groups excluding carboxylic acids is 1. The Morgan fingerprint density at radius 3 is 2.52 bits per heavy atom. The number of nitrogens with zero attached hydrogens (tertiary/aromatic N) is 4. The minimum Gasteiger partial charge on any atom is -0.301 e. The average molecular weight is 509 g/mol. The fourth-order valence-corrected chi connectivity index (χ4v) is 5.65. The molecule has 1 unspecified atom stereocenters. The number of rotatable bonds is 5. The van der Waals surface area contributed by atoms with E-state index in [-0.39, 0.29) is 16.6 Å². The Hall–Kier alpha value is -2.66. The maximum absolute atomic E-state index is 12.8. The molecule has 0 fully saturated rings. The predicted molar refractivity (Wildman–Crippen MR) is 127 cm³/mol. The number of sulfonamides is 1. The van der Waals surface area contributed by atoms with E-state index in [1.54, 1.807) is 18.2 Å². The summed E-state index contributed by atoms with van der Waals surface area (Å²) in [6, 6.07) is 10.8. The molecule has 0 spiro atoms. The molecule has 33 heavy (non-hydrogen) atoms. The number of likely N-dealkylation sites (N-methyl/N-ethyl adjacent to an activating group) is 1. The highest BCUT2D eigenvalue weighted by Crippen LogP contribution is 2.38. The second-order valence-corrected chi connectivity index (χ2v) is 10.4. The standard InChI is InChI=1S/C21H22Cl2N6O3S/c1-12-21(26-29(24-12)25-13(2)30)33(31,32)27-16-6-4-14(5-7-16)18-10-28(3)11-19-17(18)8-15(22)9-20(19)23/h4-9,18,27H,10-11H2,1-3H3,(H,25,30). The minimum atomic E-state index is -4.00. The molecule has 12 heteroatoms. The summed E-state index contributed by atoms with van der Waals surface area (Å²) in [6.07, 6.45) is 0.